The maximum atomic E-state index is 8.67. The molecule has 0 fully saturated rings. The van der Waals surface area contributed by atoms with Crippen LogP contribution in [0.5, 0.6) is 0 Å². The van der Waals surface area contributed by atoms with E-state index in [-0.39, 0.29) is 21.8 Å². The van der Waals surface area contributed by atoms with Crippen LogP contribution in [0.4, 0.5) is 0 Å². The highest BCUT2D eigenvalue weighted by Gasteiger charge is 2.32. The van der Waals surface area contributed by atoms with Gasteiger partial charge in [0.15, 0.2) is 22.6 Å². The molecular weight excluding hydrogens is 507 g/mol. The summed E-state index contributed by atoms with van der Waals surface area (Å²) in [6.07, 6.45) is 8.53. The Kier molecular flexibility index (Phi) is 9.90. The molecule has 2 aliphatic heterocycles. The van der Waals surface area contributed by atoms with Crippen molar-refractivity contribution in [2.45, 2.75) is 17.9 Å². The van der Waals surface area contributed by atoms with Gasteiger partial charge in [-0.05, 0) is 12.1 Å². The van der Waals surface area contributed by atoms with Crippen molar-refractivity contribution in [3.05, 3.63) is 44.6 Å². The van der Waals surface area contributed by atoms with Gasteiger partial charge in [0.25, 0.3) is 0 Å². The maximum absolute atomic E-state index is 8.67. The summed E-state index contributed by atoms with van der Waals surface area (Å²) in [6.45, 7) is 1.62. The van der Waals surface area contributed by atoms with Crippen LogP contribution in [0.1, 0.15) is 16.9 Å². The van der Waals surface area contributed by atoms with Gasteiger partial charge in [-0.3, -0.25) is 0 Å². The van der Waals surface area contributed by atoms with E-state index in [9.17, 15) is 0 Å². The minimum absolute atomic E-state index is 0.00661. The monoisotopic (exact) mass is 526 g/mol. The summed E-state index contributed by atoms with van der Waals surface area (Å²) in [4.78, 5) is 17.8. The topological polar surface area (TPSA) is 122 Å². The van der Waals surface area contributed by atoms with Gasteiger partial charge < -0.3 is 0 Å². The number of aliphatic imine (C=N–C) groups is 2. The predicted octanol–water partition coefficient (Wildman–Crippen LogP) is 3.04. The smallest absolute Gasteiger partial charge is 0.244 e. The Labute approximate surface area is 206 Å². The van der Waals surface area contributed by atoms with Crippen LogP contribution in [-0.2, 0) is 33.3 Å². The van der Waals surface area contributed by atoms with Gasteiger partial charge in [0, 0.05) is 24.4 Å². The zero-order valence-corrected chi connectivity index (χ0v) is 20.9. The highest BCUT2D eigenvalue weighted by atomic mass is 35.5. The summed E-state index contributed by atoms with van der Waals surface area (Å²) < 4.78 is 0.569. The van der Waals surface area contributed by atoms with E-state index < -0.39 is 0 Å². The molecule has 0 radical (unpaired) electrons. The first-order chi connectivity index (χ1) is 15.6. The molecule has 4 rings (SSSR count). The maximum Gasteiger partial charge on any atom is 0.327 e. The highest BCUT2D eigenvalue weighted by molar-refractivity contribution is 8.11. The second-order valence-electron chi connectivity index (χ2n) is 6.45. The summed E-state index contributed by atoms with van der Waals surface area (Å²) in [5.41, 5.74) is 1.13. The molecule has 2 aromatic heterocycles. The number of nitrogens with one attached hydrogen (secondary N) is 2. The second-order valence-corrected chi connectivity index (χ2v) is 12.7. The molecular formula is C19H20Cl2N8S3+2. The van der Waals surface area contributed by atoms with Crippen LogP contribution in [-0.4, -0.2) is 44.9 Å². The first-order valence-corrected chi connectivity index (χ1v) is 14.2. The average Bonchev–Trinajstić information content (AvgIpc) is 3.41. The molecule has 166 valence electrons. The van der Waals surface area contributed by atoms with Crippen molar-refractivity contribution in [3.8, 4) is 12.4 Å². The van der Waals surface area contributed by atoms with Gasteiger partial charge in [-0.2, -0.15) is 10.5 Å². The van der Waals surface area contributed by atoms with Gasteiger partial charge in [-0.25, -0.2) is 30.6 Å². The van der Waals surface area contributed by atoms with Gasteiger partial charge in [0.05, 0.1) is 39.8 Å². The van der Waals surface area contributed by atoms with Gasteiger partial charge in [0.1, 0.15) is 22.4 Å². The third kappa shape index (κ3) is 7.54. The van der Waals surface area contributed by atoms with Gasteiger partial charge in [-0.15, -0.1) is 11.3 Å². The standard InChI is InChI=1S/C11H12ClN4S.C8H8ClN4S2/c12-10-3-2-9(6-15-10)7-17-5-1-4-14-11(17)16-8-13;9-7-12-3-6(14-7)4-15-2-1-11-8(15)13-5-10/h2-3,6H,1,4-5,7H2,(H,14,16);3H,1-2,4H2,(H,11,13)/q2*+1. The summed E-state index contributed by atoms with van der Waals surface area (Å²) in [5.74, 6) is 3.85. The minimum atomic E-state index is -0.00661. The fourth-order valence-corrected chi connectivity index (χ4v) is 8.07. The van der Waals surface area contributed by atoms with E-state index in [1.807, 2.05) is 18.5 Å². The summed E-state index contributed by atoms with van der Waals surface area (Å²) in [7, 11) is 0.0189. The van der Waals surface area contributed by atoms with Crippen LogP contribution in [0.25, 0.3) is 0 Å². The Morgan fingerprint density at radius 2 is 1.66 bits per heavy atom. The van der Waals surface area contributed by atoms with E-state index in [1.165, 1.54) is 11.3 Å². The number of nitriles is 2. The molecule has 13 heteroatoms. The summed E-state index contributed by atoms with van der Waals surface area (Å²) >= 11 is 13.0. The van der Waals surface area contributed by atoms with Crippen LogP contribution >= 0.6 is 34.5 Å². The van der Waals surface area contributed by atoms with Crippen molar-refractivity contribution in [3.63, 3.8) is 0 Å². The number of halogens is 2. The Hall–Kier alpha value is -2.02. The lowest BCUT2D eigenvalue weighted by atomic mass is 10.3. The number of aromatic nitrogens is 2. The molecule has 2 aromatic rings. The fourth-order valence-electron chi connectivity index (χ4n) is 2.87. The first-order valence-electron chi connectivity index (χ1n) is 9.53. The largest absolute Gasteiger partial charge is 0.327 e. The lowest BCUT2D eigenvalue weighted by molar-refractivity contribution is 0.922. The van der Waals surface area contributed by atoms with Crippen LogP contribution in [0.15, 0.2) is 34.5 Å². The van der Waals surface area contributed by atoms with Crippen molar-refractivity contribution < 1.29 is 0 Å². The molecule has 32 heavy (non-hydrogen) atoms. The normalized spacial score (nSPS) is 19.5. The van der Waals surface area contributed by atoms with Gasteiger partial charge >= 0.3 is 10.3 Å². The molecule has 0 aliphatic carbocycles. The van der Waals surface area contributed by atoms with E-state index in [1.54, 1.807) is 18.5 Å². The average molecular weight is 528 g/mol. The number of nitrogens with zero attached hydrogens (tertiary/aromatic N) is 6. The molecule has 0 saturated heterocycles. The van der Waals surface area contributed by atoms with E-state index in [0.717, 1.165) is 63.3 Å². The molecule has 0 saturated carbocycles. The zero-order chi connectivity index (χ0) is 22.8. The van der Waals surface area contributed by atoms with E-state index in [4.69, 9.17) is 33.7 Å². The van der Waals surface area contributed by atoms with E-state index in [0.29, 0.717) is 9.62 Å². The van der Waals surface area contributed by atoms with Crippen molar-refractivity contribution in [1.29, 1.82) is 10.5 Å². The van der Waals surface area contributed by atoms with Crippen molar-refractivity contribution >= 4 is 66.7 Å². The fraction of sp³-hybridized carbons (Fsp3) is 0.368. The molecule has 2 N–H and O–H groups in total. The molecule has 2 aliphatic rings. The van der Waals surface area contributed by atoms with E-state index in [2.05, 4.69) is 30.6 Å². The van der Waals surface area contributed by atoms with Crippen LogP contribution in [0.2, 0.25) is 9.62 Å². The third-order valence-electron chi connectivity index (χ3n) is 4.24. The number of pyridine rings is 1. The van der Waals surface area contributed by atoms with Crippen LogP contribution in [0, 0.1) is 22.9 Å². The lowest BCUT2D eigenvalue weighted by Crippen LogP contribution is -2.34. The number of thiazole rings is 1. The highest BCUT2D eigenvalue weighted by Crippen LogP contribution is 2.22. The first kappa shape index (κ1) is 24.6. The molecule has 2 atom stereocenters. The zero-order valence-electron chi connectivity index (χ0n) is 16.9. The molecule has 0 amide bonds. The number of hydrogen-bond donors (Lipinski definition) is 2. The Balaban J connectivity index is 0.000000182. The van der Waals surface area contributed by atoms with Crippen molar-refractivity contribution in [2.75, 3.05) is 24.6 Å². The molecule has 2 unspecified atom stereocenters. The van der Waals surface area contributed by atoms with Crippen LogP contribution in [0.3, 0.4) is 0 Å². The van der Waals surface area contributed by atoms with Crippen molar-refractivity contribution in [2.24, 2.45) is 9.98 Å². The molecule has 8 nitrogen and oxygen atoms in total. The second kappa shape index (κ2) is 12.9. The summed E-state index contributed by atoms with van der Waals surface area (Å²) in [6, 6.07) is 3.76. The molecule has 0 spiro atoms. The quantitative estimate of drug-likeness (QED) is 0.273. The molecule has 0 bridgehead atoms. The molecule has 0 aromatic carbocycles. The van der Waals surface area contributed by atoms with Crippen LogP contribution < -0.4 is 10.6 Å². The Morgan fingerprint density at radius 1 is 0.938 bits per heavy atom. The van der Waals surface area contributed by atoms with Gasteiger partial charge in [-0.1, -0.05) is 23.2 Å². The third-order valence-corrected chi connectivity index (χ3v) is 10.1. The predicted molar refractivity (Wildman–Crippen MR) is 135 cm³/mol. The van der Waals surface area contributed by atoms with E-state index >= 15 is 0 Å². The minimum Gasteiger partial charge on any atom is -0.244 e. The summed E-state index contributed by atoms with van der Waals surface area (Å²) in [5, 5.41) is 24.7. The Bertz CT molecular complexity index is 1040. The number of amidine groups is 2. The molecule has 4 heterocycles. The lowest BCUT2D eigenvalue weighted by Gasteiger charge is -2.12. The van der Waals surface area contributed by atoms with Gasteiger partial charge in [0.2, 0.25) is 0 Å². The number of hydrogen-bond acceptors (Lipinski definition) is 9. The SMILES string of the molecule is N#CNC1=NCCC[S+]1Cc1ccc(Cl)nc1.N#CNC1=NCC[S+]1Cc1cnc(Cl)s1. The number of rotatable bonds is 4. The van der Waals surface area contributed by atoms with Crippen molar-refractivity contribution in [1.82, 2.24) is 20.6 Å². The Morgan fingerprint density at radius 3 is 2.28 bits per heavy atom.